The number of aromatic carboxylic acids is 1. The number of amides is 1. The lowest BCUT2D eigenvalue weighted by Gasteiger charge is -2.01. The summed E-state index contributed by atoms with van der Waals surface area (Å²) in [6.07, 6.45) is 0. The fraction of sp³-hybridized carbons (Fsp3) is 0.250. The summed E-state index contributed by atoms with van der Waals surface area (Å²) in [7, 11) is -2.55. The van der Waals surface area contributed by atoms with Crippen LogP contribution in [0.15, 0.2) is 21.0 Å². The van der Waals surface area contributed by atoms with Crippen LogP contribution in [0.3, 0.4) is 0 Å². The zero-order valence-corrected chi connectivity index (χ0v) is 13.7. The molecular formula is C12H13N3O6S2. The molecule has 2 heterocycles. The van der Waals surface area contributed by atoms with Crippen molar-refractivity contribution in [3.8, 4) is 0 Å². The first kappa shape index (κ1) is 17.1. The highest BCUT2D eigenvalue weighted by atomic mass is 32.2. The van der Waals surface area contributed by atoms with Crippen molar-refractivity contribution in [3.05, 3.63) is 33.5 Å². The number of hydrogen-bond acceptors (Lipinski definition) is 7. The molecule has 0 fully saturated rings. The van der Waals surface area contributed by atoms with E-state index in [4.69, 9.17) is 9.52 Å². The summed E-state index contributed by atoms with van der Waals surface area (Å²) in [6.45, 7) is 1.49. The molecule has 2 rings (SSSR count). The molecule has 11 heteroatoms. The van der Waals surface area contributed by atoms with E-state index in [1.165, 1.54) is 19.4 Å². The zero-order chi connectivity index (χ0) is 17.2. The van der Waals surface area contributed by atoms with Crippen molar-refractivity contribution in [3.63, 3.8) is 0 Å². The molecule has 0 aliphatic rings. The lowest BCUT2D eigenvalue weighted by Crippen LogP contribution is -2.23. The van der Waals surface area contributed by atoms with E-state index in [2.05, 4.69) is 15.0 Å². The van der Waals surface area contributed by atoms with Crippen LogP contribution in [0.4, 0.5) is 0 Å². The van der Waals surface area contributed by atoms with Gasteiger partial charge in [-0.05, 0) is 14.0 Å². The molecule has 0 radical (unpaired) electrons. The summed E-state index contributed by atoms with van der Waals surface area (Å²) in [5, 5.41) is 12.7. The summed E-state index contributed by atoms with van der Waals surface area (Å²) in [5.41, 5.74) is -0.0185. The van der Waals surface area contributed by atoms with Gasteiger partial charge >= 0.3 is 5.97 Å². The van der Waals surface area contributed by atoms with Gasteiger partial charge in [0.05, 0.1) is 12.1 Å². The van der Waals surface area contributed by atoms with E-state index >= 15 is 0 Å². The molecule has 0 aromatic carbocycles. The van der Waals surface area contributed by atoms with Crippen LogP contribution in [0.25, 0.3) is 0 Å². The molecule has 2 aromatic heterocycles. The maximum atomic E-state index is 12.1. The molecule has 124 valence electrons. The monoisotopic (exact) mass is 359 g/mol. The number of sulfonamides is 1. The Morgan fingerprint density at radius 2 is 2.13 bits per heavy atom. The van der Waals surface area contributed by atoms with Crippen LogP contribution in [0.5, 0.6) is 0 Å². The number of furan rings is 1. The van der Waals surface area contributed by atoms with Gasteiger partial charge in [0.1, 0.15) is 10.8 Å². The van der Waals surface area contributed by atoms with Gasteiger partial charge in [0.25, 0.3) is 15.9 Å². The maximum absolute atomic E-state index is 12.1. The number of carboxylic acid groups (broad SMARTS) is 1. The van der Waals surface area contributed by atoms with Gasteiger partial charge in [-0.25, -0.2) is 22.9 Å². The van der Waals surface area contributed by atoms with E-state index in [1.807, 2.05) is 0 Å². The molecular weight excluding hydrogens is 346 g/mol. The highest BCUT2D eigenvalue weighted by Gasteiger charge is 2.22. The van der Waals surface area contributed by atoms with E-state index in [0.717, 1.165) is 17.4 Å². The summed E-state index contributed by atoms with van der Waals surface area (Å²) in [5.74, 6) is -1.54. The van der Waals surface area contributed by atoms with Crippen molar-refractivity contribution >= 4 is 33.2 Å². The number of carbonyl (C=O) groups is 2. The van der Waals surface area contributed by atoms with Gasteiger partial charge in [-0.15, -0.1) is 11.3 Å². The first-order valence-corrected chi connectivity index (χ1v) is 8.60. The normalized spacial score (nSPS) is 11.4. The Morgan fingerprint density at radius 3 is 2.70 bits per heavy atom. The molecule has 23 heavy (non-hydrogen) atoms. The smallest absolute Gasteiger partial charge is 0.355 e. The molecule has 3 N–H and O–H groups in total. The van der Waals surface area contributed by atoms with Gasteiger partial charge in [-0.3, -0.25) is 4.79 Å². The highest BCUT2D eigenvalue weighted by molar-refractivity contribution is 7.89. The van der Waals surface area contributed by atoms with Crippen LogP contribution in [0.1, 0.15) is 31.6 Å². The summed E-state index contributed by atoms with van der Waals surface area (Å²) in [4.78, 5) is 26.6. The average molecular weight is 359 g/mol. The zero-order valence-electron chi connectivity index (χ0n) is 12.1. The quantitative estimate of drug-likeness (QED) is 0.685. The molecule has 0 bridgehead atoms. The van der Waals surface area contributed by atoms with E-state index in [1.54, 1.807) is 0 Å². The van der Waals surface area contributed by atoms with Crippen LogP contribution in [-0.4, -0.2) is 37.4 Å². The highest BCUT2D eigenvalue weighted by Crippen LogP contribution is 2.19. The molecule has 9 nitrogen and oxygen atoms in total. The number of hydrogen-bond donors (Lipinski definition) is 3. The Morgan fingerprint density at radius 1 is 1.43 bits per heavy atom. The maximum Gasteiger partial charge on any atom is 0.355 e. The van der Waals surface area contributed by atoms with Gasteiger partial charge in [0.2, 0.25) is 5.09 Å². The number of thiazole rings is 1. The third-order valence-corrected chi connectivity index (χ3v) is 4.96. The molecule has 0 aliphatic carbocycles. The average Bonchev–Trinajstić information content (AvgIpc) is 3.11. The lowest BCUT2D eigenvalue weighted by atomic mass is 10.2. The number of aryl methyl sites for hydroxylation is 1. The van der Waals surface area contributed by atoms with Gasteiger partial charge in [-0.1, -0.05) is 0 Å². The van der Waals surface area contributed by atoms with Crippen molar-refractivity contribution < 1.29 is 27.5 Å². The third-order valence-electron chi connectivity index (χ3n) is 2.84. The van der Waals surface area contributed by atoms with E-state index in [-0.39, 0.29) is 28.7 Å². The van der Waals surface area contributed by atoms with Crippen molar-refractivity contribution in [1.29, 1.82) is 0 Å². The van der Waals surface area contributed by atoms with Crippen molar-refractivity contribution in [2.45, 2.75) is 18.6 Å². The van der Waals surface area contributed by atoms with Crippen LogP contribution in [-0.2, 0) is 16.6 Å². The van der Waals surface area contributed by atoms with Crippen molar-refractivity contribution in [2.24, 2.45) is 0 Å². The van der Waals surface area contributed by atoms with Crippen molar-refractivity contribution in [2.75, 3.05) is 7.05 Å². The van der Waals surface area contributed by atoms with Crippen LogP contribution >= 0.6 is 11.3 Å². The Hall–Kier alpha value is -2.24. The Bertz CT molecular complexity index is 852. The summed E-state index contributed by atoms with van der Waals surface area (Å²) < 4.78 is 30.4. The molecule has 0 saturated carbocycles. The number of carboxylic acids is 1. The SMILES string of the molecule is CNS(=O)(=O)c1cc(C(=O)NCc2nc(C(=O)O)cs2)c(C)o1. The number of nitrogens with one attached hydrogen (secondary N) is 2. The molecule has 0 spiro atoms. The van der Waals surface area contributed by atoms with Crippen LogP contribution < -0.4 is 10.0 Å². The Balaban J connectivity index is 2.10. The minimum atomic E-state index is -3.78. The van der Waals surface area contributed by atoms with Crippen LogP contribution in [0.2, 0.25) is 0 Å². The van der Waals surface area contributed by atoms with Gasteiger partial charge in [-0.2, -0.15) is 0 Å². The Kier molecular flexibility index (Phi) is 4.82. The molecule has 0 atom stereocenters. The molecule has 0 unspecified atom stereocenters. The first-order valence-electron chi connectivity index (χ1n) is 6.24. The Labute approximate surface area is 135 Å². The van der Waals surface area contributed by atoms with E-state index in [0.29, 0.717) is 5.01 Å². The fourth-order valence-corrected chi connectivity index (χ4v) is 3.07. The minimum absolute atomic E-state index is 0.0233. The second-order valence-electron chi connectivity index (χ2n) is 4.36. The predicted octanol–water partition coefficient (Wildman–Crippen LogP) is 0.581. The number of aromatic nitrogens is 1. The van der Waals surface area contributed by atoms with E-state index in [9.17, 15) is 18.0 Å². The summed E-state index contributed by atoms with van der Waals surface area (Å²) in [6, 6.07) is 1.13. The number of nitrogens with zero attached hydrogens (tertiary/aromatic N) is 1. The molecule has 0 aliphatic heterocycles. The number of rotatable bonds is 6. The van der Waals surface area contributed by atoms with Crippen molar-refractivity contribution in [1.82, 2.24) is 15.0 Å². The minimum Gasteiger partial charge on any atom is -0.476 e. The van der Waals surface area contributed by atoms with E-state index < -0.39 is 21.9 Å². The first-order chi connectivity index (χ1) is 10.7. The van der Waals surface area contributed by atoms with Gasteiger partial charge in [0.15, 0.2) is 5.69 Å². The lowest BCUT2D eigenvalue weighted by molar-refractivity contribution is 0.0691. The summed E-state index contributed by atoms with van der Waals surface area (Å²) >= 11 is 1.10. The topological polar surface area (TPSA) is 139 Å². The third kappa shape index (κ3) is 3.75. The second kappa shape index (κ2) is 6.48. The standard InChI is InChI=1S/C12H13N3O6S2/c1-6-7(3-10(21-6)23(19,20)13-2)11(16)14-4-9-15-8(5-22-9)12(17)18/h3,5,13H,4H2,1-2H3,(H,14,16)(H,17,18). The second-order valence-corrected chi connectivity index (χ2v) is 7.12. The largest absolute Gasteiger partial charge is 0.476 e. The molecule has 2 aromatic rings. The molecule has 1 amide bonds. The predicted molar refractivity (Wildman–Crippen MR) is 79.9 cm³/mol. The van der Waals surface area contributed by atoms with Gasteiger partial charge in [0, 0.05) is 11.4 Å². The van der Waals surface area contributed by atoms with Gasteiger partial charge < -0.3 is 14.8 Å². The number of carbonyl (C=O) groups excluding carboxylic acids is 1. The fourth-order valence-electron chi connectivity index (χ4n) is 1.65. The van der Waals surface area contributed by atoms with Crippen LogP contribution in [0, 0.1) is 6.92 Å². The molecule has 0 saturated heterocycles.